The molecule has 2 heterocycles. The van der Waals surface area contributed by atoms with E-state index >= 15 is 0 Å². The molecule has 0 saturated heterocycles. The quantitative estimate of drug-likeness (QED) is 0.704. The Kier molecular flexibility index (Phi) is 4.14. The summed E-state index contributed by atoms with van der Waals surface area (Å²) in [5.41, 5.74) is 1.61. The molecule has 2 N–H and O–H groups in total. The lowest BCUT2D eigenvalue weighted by Gasteiger charge is -2.08. The third-order valence-electron chi connectivity index (χ3n) is 2.98. The van der Waals surface area contributed by atoms with Crippen LogP contribution in [0.1, 0.15) is 5.56 Å². The molecule has 108 valence electrons. The van der Waals surface area contributed by atoms with Crippen LogP contribution in [0.3, 0.4) is 0 Å². The van der Waals surface area contributed by atoms with Crippen molar-refractivity contribution in [1.29, 1.82) is 0 Å². The van der Waals surface area contributed by atoms with Gasteiger partial charge in [-0.3, -0.25) is 5.10 Å². The molecule has 21 heavy (non-hydrogen) atoms. The highest BCUT2D eigenvalue weighted by Crippen LogP contribution is 2.22. The lowest BCUT2D eigenvalue weighted by atomic mass is 10.1. The van der Waals surface area contributed by atoms with Crippen molar-refractivity contribution < 1.29 is 0 Å². The Hall–Kier alpha value is -1.56. The lowest BCUT2D eigenvalue weighted by Crippen LogP contribution is -2.07. The lowest BCUT2D eigenvalue weighted by molar-refractivity contribution is 1.01. The number of anilines is 1. The fourth-order valence-electron chi connectivity index (χ4n) is 1.98. The number of H-pyrrole nitrogens is 1. The Bertz CT molecular complexity index is 787. The largest absolute Gasteiger partial charge is 0.369 e. The van der Waals surface area contributed by atoms with E-state index in [1.807, 2.05) is 12.1 Å². The van der Waals surface area contributed by atoms with Gasteiger partial charge in [0.25, 0.3) is 0 Å². The van der Waals surface area contributed by atoms with E-state index in [0.717, 1.165) is 17.4 Å². The summed E-state index contributed by atoms with van der Waals surface area (Å²) in [4.78, 5) is 8.22. The van der Waals surface area contributed by atoms with E-state index in [9.17, 15) is 0 Å². The molecule has 2 aromatic heterocycles. The zero-order chi connectivity index (χ0) is 14.8. The number of rotatable bonds is 4. The molecular formula is C13H10Cl3N5. The van der Waals surface area contributed by atoms with Crippen molar-refractivity contribution in [1.82, 2.24) is 20.2 Å². The predicted octanol–water partition coefficient (Wildman–Crippen LogP) is 3.97. The maximum absolute atomic E-state index is 6.14. The van der Waals surface area contributed by atoms with E-state index in [4.69, 9.17) is 34.8 Å². The van der Waals surface area contributed by atoms with Gasteiger partial charge in [-0.05, 0) is 35.7 Å². The Balaban J connectivity index is 1.73. The summed E-state index contributed by atoms with van der Waals surface area (Å²) in [5, 5.41) is 12.1. The third-order valence-corrected chi connectivity index (χ3v) is 3.74. The van der Waals surface area contributed by atoms with Crippen LogP contribution in [0.25, 0.3) is 11.0 Å². The van der Waals surface area contributed by atoms with Gasteiger partial charge in [-0.25, -0.2) is 0 Å². The highest BCUT2D eigenvalue weighted by atomic mass is 35.5. The van der Waals surface area contributed by atoms with Gasteiger partial charge in [0.05, 0.1) is 11.6 Å². The van der Waals surface area contributed by atoms with Gasteiger partial charge in [-0.1, -0.05) is 29.3 Å². The first-order valence-electron chi connectivity index (χ1n) is 6.18. The van der Waals surface area contributed by atoms with Crippen LogP contribution in [0.2, 0.25) is 15.3 Å². The summed E-state index contributed by atoms with van der Waals surface area (Å²) in [5.74, 6) is 0.642. The summed E-state index contributed by atoms with van der Waals surface area (Å²) < 4.78 is 0. The van der Waals surface area contributed by atoms with Gasteiger partial charge in [0.15, 0.2) is 5.65 Å². The molecule has 0 unspecified atom stereocenters. The van der Waals surface area contributed by atoms with Crippen molar-refractivity contribution in [3.63, 3.8) is 0 Å². The van der Waals surface area contributed by atoms with Gasteiger partial charge >= 0.3 is 0 Å². The molecule has 0 bridgehead atoms. The predicted molar refractivity (Wildman–Crippen MR) is 85.3 cm³/mol. The molecular weight excluding hydrogens is 333 g/mol. The van der Waals surface area contributed by atoms with E-state index in [1.54, 1.807) is 12.3 Å². The zero-order valence-corrected chi connectivity index (χ0v) is 13.0. The van der Waals surface area contributed by atoms with Gasteiger partial charge < -0.3 is 5.32 Å². The van der Waals surface area contributed by atoms with Crippen molar-refractivity contribution in [3.05, 3.63) is 45.3 Å². The number of hydrogen-bond acceptors (Lipinski definition) is 4. The van der Waals surface area contributed by atoms with Gasteiger partial charge in [0, 0.05) is 16.6 Å². The van der Waals surface area contributed by atoms with Crippen molar-refractivity contribution in [2.24, 2.45) is 0 Å². The Morgan fingerprint density at radius 2 is 2.00 bits per heavy atom. The molecule has 1 aromatic carbocycles. The van der Waals surface area contributed by atoms with Crippen LogP contribution in [-0.4, -0.2) is 26.7 Å². The average molecular weight is 343 g/mol. The second kappa shape index (κ2) is 6.05. The molecule has 0 saturated carbocycles. The van der Waals surface area contributed by atoms with Gasteiger partial charge in [0.2, 0.25) is 5.28 Å². The normalized spacial score (nSPS) is 11.0. The molecule has 0 aliphatic heterocycles. The second-order valence-corrected chi connectivity index (χ2v) is 5.57. The summed E-state index contributed by atoms with van der Waals surface area (Å²) in [7, 11) is 0. The highest BCUT2D eigenvalue weighted by Gasteiger charge is 2.08. The molecule has 0 spiro atoms. The number of nitrogens with one attached hydrogen (secondary N) is 2. The van der Waals surface area contributed by atoms with Crippen LogP contribution in [0, 0.1) is 0 Å². The molecule has 0 aliphatic carbocycles. The van der Waals surface area contributed by atoms with Crippen LogP contribution < -0.4 is 5.32 Å². The van der Waals surface area contributed by atoms with Gasteiger partial charge in [0.1, 0.15) is 5.82 Å². The fraction of sp³-hybridized carbons (Fsp3) is 0.154. The highest BCUT2D eigenvalue weighted by molar-refractivity contribution is 6.35. The van der Waals surface area contributed by atoms with Crippen molar-refractivity contribution in [2.75, 3.05) is 11.9 Å². The first kappa shape index (κ1) is 14.4. The summed E-state index contributed by atoms with van der Waals surface area (Å²) in [6.45, 7) is 0.648. The van der Waals surface area contributed by atoms with E-state index < -0.39 is 0 Å². The molecule has 5 nitrogen and oxygen atoms in total. The summed E-state index contributed by atoms with van der Waals surface area (Å²) in [6, 6.07) is 5.46. The second-order valence-electron chi connectivity index (χ2n) is 4.39. The fourth-order valence-corrected chi connectivity index (χ4v) is 2.65. The Labute approximate surface area is 135 Å². The number of aromatic nitrogens is 4. The van der Waals surface area contributed by atoms with E-state index in [2.05, 4.69) is 25.5 Å². The topological polar surface area (TPSA) is 66.5 Å². The molecule has 3 aromatic rings. The molecule has 0 aliphatic rings. The Morgan fingerprint density at radius 1 is 1.14 bits per heavy atom. The van der Waals surface area contributed by atoms with Gasteiger partial charge in [-0.15, -0.1) is 0 Å². The van der Waals surface area contributed by atoms with Crippen molar-refractivity contribution >= 4 is 51.7 Å². The molecule has 0 amide bonds. The third kappa shape index (κ3) is 3.20. The Morgan fingerprint density at radius 3 is 2.81 bits per heavy atom. The zero-order valence-electron chi connectivity index (χ0n) is 10.7. The molecule has 0 fully saturated rings. The number of aromatic amines is 1. The van der Waals surface area contributed by atoms with E-state index in [1.165, 1.54) is 0 Å². The SMILES string of the molecule is Clc1ccc(CCNc2nc(Cl)nc3[nH]ncc23)c(Cl)c1. The van der Waals surface area contributed by atoms with Crippen LogP contribution in [0.5, 0.6) is 0 Å². The molecule has 3 rings (SSSR count). The monoisotopic (exact) mass is 341 g/mol. The van der Waals surface area contributed by atoms with E-state index in [0.29, 0.717) is 28.1 Å². The summed E-state index contributed by atoms with van der Waals surface area (Å²) in [6.07, 6.45) is 2.39. The number of hydrogen-bond donors (Lipinski definition) is 2. The average Bonchev–Trinajstić information content (AvgIpc) is 2.89. The first-order chi connectivity index (χ1) is 10.1. The van der Waals surface area contributed by atoms with Crippen LogP contribution >= 0.6 is 34.8 Å². The molecule has 0 radical (unpaired) electrons. The number of halogens is 3. The number of fused-ring (bicyclic) bond motifs is 1. The standard InChI is InChI=1S/C13H10Cl3N5/c14-8-2-1-7(10(15)5-8)3-4-17-11-9-6-18-21-12(9)20-13(16)19-11/h1-2,5-6H,3-4H2,(H2,17,18,19,20,21). The maximum Gasteiger partial charge on any atom is 0.226 e. The summed E-state index contributed by atoms with van der Waals surface area (Å²) >= 11 is 17.9. The minimum absolute atomic E-state index is 0.166. The minimum Gasteiger partial charge on any atom is -0.369 e. The number of benzene rings is 1. The van der Waals surface area contributed by atoms with Crippen LogP contribution in [-0.2, 0) is 6.42 Å². The number of nitrogens with zero attached hydrogens (tertiary/aromatic N) is 3. The minimum atomic E-state index is 0.166. The smallest absolute Gasteiger partial charge is 0.226 e. The molecule has 8 heteroatoms. The van der Waals surface area contributed by atoms with Crippen LogP contribution in [0.15, 0.2) is 24.4 Å². The van der Waals surface area contributed by atoms with Crippen LogP contribution in [0.4, 0.5) is 5.82 Å². The first-order valence-corrected chi connectivity index (χ1v) is 7.31. The van der Waals surface area contributed by atoms with Crippen molar-refractivity contribution in [2.45, 2.75) is 6.42 Å². The maximum atomic E-state index is 6.14. The van der Waals surface area contributed by atoms with Crippen molar-refractivity contribution in [3.8, 4) is 0 Å². The van der Waals surface area contributed by atoms with Gasteiger partial charge in [-0.2, -0.15) is 15.1 Å². The van der Waals surface area contributed by atoms with E-state index in [-0.39, 0.29) is 5.28 Å². The molecule has 0 atom stereocenters.